The van der Waals surface area contributed by atoms with Crippen LogP contribution in [0.15, 0.2) is 10.3 Å². The Balaban J connectivity index is 3.00. The lowest BCUT2D eigenvalue weighted by atomic mass is 9.82. The molecule has 2 N–H and O–H groups in total. The van der Waals surface area contributed by atoms with Gasteiger partial charge in [0.25, 0.3) is 0 Å². The third-order valence-electron chi connectivity index (χ3n) is 1.59. The molecule has 5 heteroatoms. The largest absolute Gasteiger partial charge is 0.490 e. The van der Waals surface area contributed by atoms with Gasteiger partial charge in [-0.3, -0.25) is 0 Å². The van der Waals surface area contributed by atoms with E-state index in [1.807, 2.05) is 12.3 Å². The van der Waals surface area contributed by atoms with Crippen LogP contribution >= 0.6 is 23.1 Å². The highest BCUT2D eigenvalue weighted by Crippen LogP contribution is 2.23. The van der Waals surface area contributed by atoms with Crippen LogP contribution in [0.2, 0.25) is 0 Å². The topological polar surface area (TPSA) is 40.5 Å². The molecule has 0 aliphatic carbocycles. The average Bonchev–Trinajstić information content (AvgIpc) is 2.47. The Morgan fingerprint density at radius 1 is 1.58 bits per heavy atom. The normalized spacial score (nSPS) is 10.3. The molecule has 12 heavy (non-hydrogen) atoms. The second-order valence-corrected chi connectivity index (χ2v) is 4.60. The number of aryl methyl sites for hydroxylation is 1. The van der Waals surface area contributed by atoms with E-state index in [9.17, 15) is 0 Å². The summed E-state index contributed by atoms with van der Waals surface area (Å²) in [5.41, 5.74) is 0.643. The fourth-order valence-electron chi connectivity index (χ4n) is 0.954. The van der Waals surface area contributed by atoms with E-state index in [1.165, 1.54) is 4.88 Å². The summed E-state index contributed by atoms with van der Waals surface area (Å²) in [6.07, 6.45) is 2.89. The van der Waals surface area contributed by atoms with Crippen molar-refractivity contribution in [2.75, 3.05) is 6.26 Å². The molecule has 66 valence electrons. The molecule has 1 rings (SSSR count). The Morgan fingerprint density at radius 2 is 2.25 bits per heavy atom. The molecular weight excluding hydrogens is 191 g/mol. The number of thioether (sulfide) groups is 1. The summed E-state index contributed by atoms with van der Waals surface area (Å²) in [5, 5.41) is 18.0. The summed E-state index contributed by atoms with van der Waals surface area (Å²) in [6.45, 7) is 2.06. The molecule has 0 unspecified atom stereocenters. The van der Waals surface area contributed by atoms with Crippen molar-refractivity contribution < 1.29 is 10.0 Å². The van der Waals surface area contributed by atoms with Gasteiger partial charge in [-0.25, -0.2) is 0 Å². The van der Waals surface area contributed by atoms with Crippen molar-refractivity contribution >= 4 is 35.7 Å². The number of rotatable bonds is 3. The molecule has 0 saturated heterocycles. The van der Waals surface area contributed by atoms with Crippen molar-refractivity contribution in [1.29, 1.82) is 0 Å². The molecule has 1 heterocycles. The highest BCUT2D eigenvalue weighted by molar-refractivity contribution is 8.00. The van der Waals surface area contributed by atoms with Crippen LogP contribution < -0.4 is 5.46 Å². The summed E-state index contributed by atoms with van der Waals surface area (Å²) >= 11 is 3.19. The van der Waals surface area contributed by atoms with Gasteiger partial charge in [0.1, 0.15) is 0 Å². The third kappa shape index (κ3) is 2.04. The van der Waals surface area contributed by atoms with Gasteiger partial charge in [-0.05, 0) is 18.7 Å². The van der Waals surface area contributed by atoms with Crippen molar-refractivity contribution in [2.24, 2.45) is 0 Å². The molecule has 0 spiro atoms. The first-order valence-corrected chi connectivity index (χ1v) is 5.75. The monoisotopic (exact) mass is 202 g/mol. The van der Waals surface area contributed by atoms with Gasteiger partial charge in [0.05, 0.1) is 4.21 Å². The van der Waals surface area contributed by atoms with Crippen LogP contribution in [0, 0.1) is 0 Å². The molecule has 0 amide bonds. The molecular formula is C7H11BO2S2. The molecule has 0 aromatic carbocycles. The molecule has 0 aliphatic heterocycles. The molecule has 0 aliphatic rings. The van der Waals surface area contributed by atoms with E-state index in [1.54, 1.807) is 23.1 Å². The smallest absolute Gasteiger partial charge is 0.423 e. The van der Waals surface area contributed by atoms with Gasteiger partial charge in [-0.2, -0.15) is 0 Å². The van der Waals surface area contributed by atoms with Crippen LogP contribution in [0.25, 0.3) is 0 Å². The van der Waals surface area contributed by atoms with Crippen molar-refractivity contribution in [3.63, 3.8) is 0 Å². The summed E-state index contributed by atoms with van der Waals surface area (Å²) in [7, 11) is -1.33. The van der Waals surface area contributed by atoms with E-state index < -0.39 is 7.12 Å². The average molecular weight is 202 g/mol. The van der Waals surface area contributed by atoms with E-state index in [0.29, 0.717) is 5.46 Å². The van der Waals surface area contributed by atoms with Crippen LogP contribution in [0.5, 0.6) is 0 Å². The lowest BCUT2D eigenvalue weighted by Crippen LogP contribution is -2.29. The molecule has 0 fully saturated rings. The van der Waals surface area contributed by atoms with Gasteiger partial charge in [0, 0.05) is 10.3 Å². The Hall–Kier alpha value is 0.0349. The van der Waals surface area contributed by atoms with Gasteiger partial charge >= 0.3 is 7.12 Å². The van der Waals surface area contributed by atoms with E-state index >= 15 is 0 Å². The van der Waals surface area contributed by atoms with Crippen LogP contribution in [0.3, 0.4) is 0 Å². The summed E-state index contributed by atoms with van der Waals surface area (Å²) < 4.78 is 1.00. The maximum atomic E-state index is 8.99. The van der Waals surface area contributed by atoms with Gasteiger partial charge in [-0.1, -0.05) is 6.92 Å². The lowest BCUT2D eigenvalue weighted by molar-refractivity contribution is 0.425. The minimum Gasteiger partial charge on any atom is -0.423 e. The SMILES string of the molecule is CCc1cc(B(O)O)c(SC)s1. The number of thiophene rings is 1. The predicted molar refractivity (Wildman–Crippen MR) is 55.3 cm³/mol. The molecule has 0 radical (unpaired) electrons. The first-order valence-electron chi connectivity index (χ1n) is 3.71. The van der Waals surface area contributed by atoms with Gasteiger partial charge < -0.3 is 10.0 Å². The quantitative estimate of drug-likeness (QED) is 0.560. The van der Waals surface area contributed by atoms with E-state index in [4.69, 9.17) is 10.0 Å². The first kappa shape index (κ1) is 10.1. The number of hydrogen-bond acceptors (Lipinski definition) is 4. The van der Waals surface area contributed by atoms with Crippen molar-refractivity contribution in [1.82, 2.24) is 0 Å². The van der Waals surface area contributed by atoms with Crippen molar-refractivity contribution in [3.05, 3.63) is 10.9 Å². The van der Waals surface area contributed by atoms with Gasteiger partial charge in [0.15, 0.2) is 0 Å². The third-order valence-corrected chi connectivity index (χ3v) is 4.03. The Bertz CT molecular complexity index is 260. The zero-order valence-electron chi connectivity index (χ0n) is 7.07. The Kier molecular flexibility index (Phi) is 3.64. The van der Waals surface area contributed by atoms with Crippen LogP contribution in [-0.2, 0) is 6.42 Å². The molecule has 0 bridgehead atoms. The standard InChI is InChI=1S/C7H11BO2S2/c1-3-5-4-6(8(9)10)7(11-2)12-5/h4,9-10H,3H2,1-2H3. The highest BCUT2D eigenvalue weighted by atomic mass is 32.2. The zero-order valence-corrected chi connectivity index (χ0v) is 8.71. The van der Waals surface area contributed by atoms with E-state index in [-0.39, 0.29) is 0 Å². The maximum absolute atomic E-state index is 8.99. The van der Waals surface area contributed by atoms with Gasteiger partial charge in [-0.15, -0.1) is 23.1 Å². The fourth-order valence-corrected chi connectivity index (χ4v) is 2.86. The summed E-state index contributed by atoms with van der Waals surface area (Å²) in [5.74, 6) is 0. The highest BCUT2D eigenvalue weighted by Gasteiger charge is 2.18. The number of hydrogen-bond donors (Lipinski definition) is 2. The van der Waals surface area contributed by atoms with E-state index in [0.717, 1.165) is 10.6 Å². The molecule has 1 aromatic heterocycles. The first-order chi connectivity index (χ1) is 5.69. The second-order valence-electron chi connectivity index (χ2n) is 2.39. The molecule has 0 saturated carbocycles. The van der Waals surface area contributed by atoms with Crippen molar-refractivity contribution in [2.45, 2.75) is 17.6 Å². The molecule has 1 aromatic rings. The van der Waals surface area contributed by atoms with Crippen LogP contribution in [-0.4, -0.2) is 23.4 Å². The molecule has 0 atom stereocenters. The summed E-state index contributed by atoms with van der Waals surface area (Å²) in [4.78, 5) is 1.20. The van der Waals surface area contributed by atoms with Crippen LogP contribution in [0.4, 0.5) is 0 Å². The fraction of sp³-hybridized carbons (Fsp3) is 0.429. The second kappa shape index (κ2) is 4.32. The minimum absolute atomic E-state index is 0.643. The van der Waals surface area contributed by atoms with E-state index in [2.05, 4.69) is 6.92 Å². The maximum Gasteiger partial charge on any atom is 0.490 e. The van der Waals surface area contributed by atoms with Crippen LogP contribution in [0.1, 0.15) is 11.8 Å². The molecule has 2 nitrogen and oxygen atoms in total. The van der Waals surface area contributed by atoms with Gasteiger partial charge in [0.2, 0.25) is 0 Å². The summed E-state index contributed by atoms with van der Waals surface area (Å²) in [6, 6.07) is 1.86. The lowest BCUT2D eigenvalue weighted by Gasteiger charge is -1.96. The zero-order chi connectivity index (χ0) is 9.14. The Morgan fingerprint density at radius 3 is 2.58 bits per heavy atom. The Labute approximate surface area is 80.8 Å². The van der Waals surface area contributed by atoms with Crippen molar-refractivity contribution in [3.8, 4) is 0 Å². The predicted octanol–water partition coefficient (Wildman–Crippen LogP) is 0.712. The minimum atomic E-state index is -1.33.